The van der Waals surface area contributed by atoms with Gasteiger partial charge in [0.2, 0.25) is 0 Å². The molecule has 1 fully saturated rings. The van der Waals surface area contributed by atoms with Gasteiger partial charge in [0.05, 0.1) is 12.1 Å². The minimum atomic E-state index is -0.673. The Hall–Kier alpha value is -2.17. The van der Waals surface area contributed by atoms with Gasteiger partial charge < -0.3 is 10.4 Å². The van der Waals surface area contributed by atoms with E-state index in [1.54, 1.807) is 6.20 Å². The molecule has 104 valence electrons. The SMILES string of the molecule is O=C(O)C1CCC(Nc2nncc3ccccc23)CC1. The van der Waals surface area contributed by atoms with E-state index in [0.29, 0.717) is 0 Å². The normalized spacial score (nSPS) is 22.6. The highest BCUT2D eigenvalue weighted by Crippen LogP contribution is 2.28. The van der Waals surface area contributed by atoms with Crippen molar-refractivity contribution < 1.29 is 9.90 Å². The first-order valence-electron chi connectivity index (χ1n) is 6.94. The number of aliphatic carboxylic acids is 1. The first-order chi connectivity index (χ1) is 9.74. The summed E-state index contributed by atoms with van der Waals surface area (Å²) < 4.78 is 0. The third kappa shape index (κ3) is 2.57. The van der Waals surface area contributed by atoms with Crippen LogP contribution < -0.4 is 5.32 Å². The molecule has 0 amide bonds. The Bertz CT molecular complexity index is 616. The molecule has 3 rings (SSSR count). The molecule has 5 nitrogen and oxygen atoms in total. The molecule has 0 saturated heterocycles. The molecule has 0 atom stereocenters. The quantitative estimate of drug-likeness (QED) is 0.897. The molecule has 2 aromatic rings. The van der Waals surface area contributed by atoms with E-state index in [-0.39, 0.29) is 12.0 Å². The highest BCUT2D eigenvalue weighted by Gasteiger charge is 2.26. The number of anilines is 1. The third-order valence-electron chi connectivity index (χ3n) is 3.99. The zero-order valence-corrected chi connectivity index (χ0v) is 11.1. The Kier molecular flexibility index (Phi) is 3.50. The Morgan fingerprint density at radius 1 is 1.20 bits per heavy atom. The fourth-order valence-electron chi connectivity index (χ4n) is 2.81. The van der Waals surface area contributed by atoms with Gasteiger partial charge in [-0.2, -0.15) is 5.10 Å². The van der Waals surface area contributed by atoms with Crippen molar-refractivity contribution in [3.63, 3.8) is 0 Å². The fraction of sp³-hybridized carbons (Fsp3) is 0.400. The summed E-state index contributed by atoms with van der Waals surface area (Å²) in [4.78, 5) is 11.0. The van der Waals surface area contributed by atoms with Crippen LogP contribution in [0.1, 0.15) is 25.7 Å². The van der Waals surface area contributed by atoms with Crippen molar-refractivity contribution in [3.8, 4) is 0 Å². The van der Waals surface area contributed by atoms with Crippen LogP contribution in [0.3, 0.4) is 0 Å². The van der Waals surface area contributed by atoms with Crippen LogP contribution in [0.15, 0.2) is 30.5 Å². The summed E-state index contributed by atoms with van der Waals surface area (Å²) in [7, 11) is 0. The van der Waals surface area contributed by atoms with E-state index >= 15 is 0 Å². The van der Waals surface area contributed by atoms with Crippen LogP contribution in [0, 0.1) is 5.92 Å². The van der Waals surface area contributed by atoms with Crippen LogP contribution >= 0.6 is 0 Å². The van der Waals surface area contributed by atoms with Gasteiger partial charge in [-0.15, -0.1) is 5.10 Å². The molecule has 1 heterocycles. The zero-order valence-electron chi connectivity index (χ0n) is 11.1. The van der Waals surface area contributed by atoms with Crippen LogP contribution in [0.25, 0.3) is 10.8 Å². The Labute approximate surface area is 117 Å². The van der Waals surface area contributed by atoms with Crippen molar-refractivity contribution in [3.05, 3.63) is 30.5 Å². The van der Waals surface area contributed by atoms with Gasteiger partial charge in [-0.1, -0.05) is 24.3 Å². The van der Waals surface area contributed by atoms with Gasteiger partial charge in [-0.05, 0) is 25.7 Å². The van der Waals surface area contributed by atoms with Crippen molar-refractivity contribution in [2.24, 2.45) is 5.92 Å². The molecule has 0 radical (unpaired) electrons. The molecule has 0 aliphatic heterocycles. The first-order valence-corrected chi connectivity index (χ1v) is 6.94. The van der Waals surface area contributed by atoms with E-state index < -0.39 is 5.97 Å². The average molecular weight is 271 g/mol. The number of fused-ring (bicyclic) bond motifs is 1. The maximum atomic E-state index is 11.0. The van der Waals surface area contributed by atoms with Crippen LogP contribution in [-0.2, 0) is 4.79 Å². The van der Waals surface area contributed by atoms with Gasteiger partial charge in [-0.3, -0.25) is 4.79 Å². The Morgan fingerprint density at radius 2 is 1.95 bits per heavy atom. The van der Waals surface area contributed by atoms with Crippen molar-refractivity contribution >= 4 is 22.6 Å². The number of hydrogen-bond donors (Lipinski definition) is 2. The van der Waals surface area contributed by atoms with Crippen LogP contribution in [0.5, 0.6) is 0 Å². The molecule has 0 bridgehead atoms. The fourth-order valence-corrected chi connectivity index (χ4v) is 2.81. The lowest BCUT2D eigenvalue weighted by Crippen LogP contribution is -2.29. The van der Waals surface area contributed by atoms with Gasteiger partial charge in [0.1, 0.15) is 0 Å². The van der Waals surface area contributed by atoms with E-state index in [1.165, 1.54) is 0 Å². The monoisotopic (exact) mass is 271 g/mol. The van der Waals surface area contributed by atoms with E-state index in [1.807, 2.05) is 24.3 Å². The minimum absolute atomic E-state index is 0.188. The minimum Gasteiger partial charge on any atom is -0.481 e. The molecule has 2 N–H and O–H groups in total. The van der Waals surface area contributed by atoms with E-state index in [9.17, 15) is 4.79 Å². The summed E-state index contributed by atoms with van der Waals surface area (Å²) >= 11 is 0. The summed E-state index contributed by atoms with van der Waals surface area (Å²) in [5, 5.41) is 22.7. The zero-order chi connectivity index (χ0) is 13.9. The second kappa shape index (κ2) is 5.45. The molecule has 1 aromatic heterocycles. The second-order valence-electron chi connectivity index (χ2n) is 5.31. The van der Waals surface area contributed by atoms with Gasteiger partial charge >= 0.3 is 5.97 Å². The highest BCUT2D eigenvalue weighted by atomic mass is 16.4. The Morgan fingerprint density at radius 3 is 2.70 bits per heavy atom. The highest BCUT2D eigenvalue weighted by molar-refractivity contribution is 5.90. The number of nitrogens with one attached hydrogen (secondary N) is 1. The number of benzene rings is 1. The number of carboxylic acids is 1. The molecular weight excluding hydrogens is 254 g/mol. The number of carboxylic acid groups (broad SMARTS) is 1. The smallest absolute Gasteiger partial charge is 0.306 e. The lowest BCUT2D eigenvalue weighted by Gasteiger charge is -2.27. The summed E-state index contributed by atoms with van der Waals surface area (Å²) in [5.74, 6) is -0.0677. The van der Waals surface area contributed by atoms with Crippen molar-refractivity contribution in [1.82, 2.24) is 10.2 Å². The Balaban J connectivity index is 1.73. The van der Waals surface area contributed by atoms with Crippen LogP contribution in [0.4, 0.5) is 5.82 Å². The molecule has 20 heavy (non-hydrogen) atoms. The average Bonchev–Trinajstić information content (AvgIpc) is 2.48. The topological polar surface area (TPSA) is 75.1 Å². The van der Waals surface area contributed by atoms with E-state index in [2.05, 4.69) is 15.5 Å². The summed E-state index contributed by atoms with van der Waals surface area (Å²) in [6.45, 7) is 0. The van der Waals surface area contributed by atoms with Crippen molar-refractivity contribution in [2.45, 2.75) is 31.7 Å². The maximum Gasteiger partial charge on any atom is 0.306 e. The first kappa shape index (κ1) is 12.8. The maximum absolute atomic E-state index is 11.0. The molecular formula is C15H17N3O2. The van der Waals surface area contributed by atoms with Gasteiger partial charge in [-0.25, -0.2) is 0 Å². The van der Waals surface area contributed by atoms with Crippen LogP contribution in [0.2, 0.25) is 0 Å². The van der Waals surface area contributed by atoms with Gasteiger partial charge in [0, 0.05) is 16.8 Å². The van der Waals surface area contributed by atoms with Gasteiger partial charge in [0.15, 0.2) is 5.82 Å². The predicted octanol–water partition coefficient (Wildman–Crippen LogP) is 2.69. The predicted molar refractivity (Wildman–Crippen MR) is 76.5 cm³/mol. The standard InChI is InChI=1S/C15H17N3O2/c19-15(20)10-5-7-12(8-6-10)17-14-13-4-2-1-3-11(13)9-16-18-14/h1-4,9-10,12H,5-8H2,(H,17,18)(H,19,20). The summed E-state index contributed by atoms with van der Waals surface area (Å²) in [6.07, 6.45) is 4.93. The molecule has 1 aliphatic rings. The number of carbonyl (C=O) groups is 1. The van der Waals surface area contributed by atoms with Gasteiger partial charge in [0.25, 0.3) is 0 Å². The third-order valence-corrected chi connectivity index (χ3v) is 3.99. The van der Waals surface area contributed by atoms with Crippen molar-refractivity contribution in [1.29, 1.82) is 0 Å². The lowest BCUT2D eigenvalue weighted by molar-refractivity contribution is -0.142. The lowest BCUT2D eigenvalue weighted by atomic mass is 9.86. The second-order valence-corrected chi connectivity index (χ2v) is 5.31. The van der Waals surface area contributed by atoms with Crippen molar-refractivity contribution in [2.75, 3.05) is 5.32 Å². The summed E-state index contributed by atoms with van der Waals surface area (Å²) in [6, 6.07) is 8.28. The summed E-state index contributed by atoms with van der Waals surface area (Å²) in [5.41, 5.74) is 0. The number of nitrogens with zero attached hydrogens (tertiary/aromatic N) is 2. The number of hydrogen-bond acceptors (Lipinski definition) is 4. The van der Waals surface area contributed by atoms with E-state index in [4.69, 9.17) is 5.11 Å². The molecule has 1 aromatic carbocycles. The number of aromatic nitrogens is 2. The molecule has 0 spiro atoms. The molecule has 1 aliphatic carbocycles. The largest absolute Gasteiger partial charge is 0.481 e. The van der Waals surface area contributed by atoms with Crippen LogP contribution in [-0.4, -0.2) is 27.3 Å². The molecule has 1 saturated carbocycles. The molecule has 0 unspecified atom stereocenters. The van der Waals surface area contributed by atoms with E-state index in [0.717, 1.165) is 42.3 Å². The number of rotatable bonds is 3. The molecule has 5 heteroatoms.